The first-order valence-electron chi connectivity index (χ1n) is 6.01. The molecule has 1 amide bonds. The fraction of sp³-hybridized carbons (Fsp3) is 0.500. The van der Waals surface area contributed by atoms with E-state index in [0.29, 0.717) is 17.2 Å². The number of nitrogen functional groups attached to an aromatic ring is 1. The molecule has 0 atom stereocenters. The van der Waals surface area contributed by atoms with E-state index in [2.05, 4.69) is 16.5 Å². The second-order valence-corrected chi connectivity index (χ2v) is 5.36. The van der Waals surface area contributed by atoms with Crippen molar-refractivity contribution in [3.63, 3.8) is 0 Å². The zero-order valence-corrected chi connectivity index (χ0v) is 11.4. The molecule has 1 aliphatic heterocycles. The zero-order valence-electron chi connectivity index (χ0n) is 10.6. The smallest absolute Gasteiger partial charge is 0.267 e. The van der Waals surface area contributed by atoms with Gasteiger partial charge in [-0.2, -0.15) is 0 Å². The van der Waals surface area contributed by atoms with E-state index in [9.17, 15) is 4.79 Å². The van der Waals surface area contributed by atoms with Gasteiger partial charge in [-0.3, -0.25) is 4.79 Å². The normalized spacial score (nSPS) is 14.8. The minimum absolute atomic E-state index is 0.0876. The SMILES string of the molecule is C=CCN(C)C(=O)c1sc(N2CCCC2)nc1N. The Hall–Kier alpha value is -1.56. The number of thiazole rings is 1. The van der Waals surface area contributed by atoms with E-state index in [1.165, 1.54) is 24.2 Å². The molecule has 6 heteroatoms. The molecule has 0 saturated carbocycles. The number of nitrogens with zero attached hydrogens (tertiary/aromatic N) is 3. The van der Waals surface area contributed by atoms with E-state index in [1.54, 1.807) is 18.0 Å². The van der Waals surface area contributed by atoms with Gasteiger partial charge < -0.3 is 15.5 Å². The van der Waals surface area contributed by atoms with Gasteiger partial charge in [0.15, 0.2) is 5.13 Å². The molecule has 2 heterocycles. The van der Waals surface area contributed by atoms with Crippen molar-refractivity contribution in [3.8, 4) is 0 Å². The van der Waals surface area contributed by atoms with Crippen molar-refractivity contribution in [1.29, 1.82) is 0 Å². The van der Waals surface area contributed by atoms with Crippen LogP contribution in [0.4, 0.5) is 10.9 Å². The molecule has 1 saturated heterocycles. The highest BCUT2D eigenvalue weighted by molar-refractivity contribution is 7.18. The van der Waals surface area contributed by atoms with Gasteiger partial charge >= 0.3 is 0 Å². The summed E-state index contributed by atoms with van der Waals surface area (Å²) in [6, 6.07) is 0. The quantitative estimate of drug-likeness (QED) is 0.841. The Balaban J connectivity index is 2.17. The number of rotatable bonds is 4. The van der Waals surface area contributed by atoms with Crippen LogP contribution >= 0.6 is 11.3 Å². The van der Waals surface area contributed by atoms with Crippen LogP contribution in [0.25, 0.3) is 0 Å². The summed E-state index contributed by atoms with van der Waals surface area (Å²) in [5, 5.41) is 0.861. The molecule has 2 N–H and O–H groups in total. The molecule has 18 heavy (non-hydrogen) atoms. The molecule has 1 fully saturated rings. The highest BCUT2D eigenvalue weighted by Crippen LogP contribution is 2.30. The first kappa shape index (κ1) is 12.9. The summed E-state index contributed by atoms with van der Waals surface area (Å²) in [6.45, 7) is 6.14. The van der Waals surface area contributed by atoms with Crippen LogP contribution in [-0.2, 0) is 0 Å². The van der Waals surface area contributed by atoms with Crippen LogP contribution in [0.5, 0.6) is 0 Å². The minimum atomic E-state index is -0.0876. The lowest BCUT2D eigenvalue weighted by atomic mass is 10.4. The summed E-state index contributed by atoms with van der Waals surface area (Å²) >= 11 is 1.38. The first-order valence-corrected chi connectivity index (χ1v) is 6.82. The second-order valence-electron chi connectivity index (χ2n) is 4.38. The standard InChI is InChI=1S/C12H18N4OS/c1-3-6-15(2)11(17)9-10(13)14-12(18-9)16-7-4-5-8-16/h3H,1,4-8,13H2,2H3. The van der Waals surface area contributed by atoms with Gasteiger partial charge in [0.1, 0.15) is 10.7 Å². The summed E-state index contributed by atoms with van der Waals surface area (Å²) in [4.78, 5) is 20.7. The van der Waals surface area contributed by atoms with E-state index >= 15 is 0 Å². The van der Waals surface area contributed by atoms with Crippen molar-refractivity contribution < 1.29 is 4.79 Å². The fourth-order valence-corrected chi connectivity index (χ4v) is 3.00. The lowest BCUT2D eigenvalue weighted by molar-refractivity contribution is 0.0815. The van der Waals surface area contributed by atoms with E-state index in [4.69, 9.17) is 5.73 Å². The molecule has 0 bridgehead atoms. The largest absolute Gasteiger partial charge is 0.382 e. The van der Waals surface area contributed by atoms with Gasteiger partial charge in [-0.15, -0.1) is 6.58 Å². The minimum Gasteiger partial charge on any atom is -0.382 e. The maximum Gasteiger partial charge on any atom is 0.267 e. The number of hydrogen-bond donors (Lipinski definition) is 1. The van der Waals surface area contributed by atoms with Crippen LogP contribution in [0.15, 0.2) is 12.7 Å². The molecule has 0 aliphatic carbocycles. The van der Waals surface area contributed by atoms with Gasteiger partial charge in [-0.1, -0.05) is 17.4 Å². The zero-order chi connectivity index (χ0) is 13.1. The van der Waals surface area contributed by atoms with E-state index in [0.717, 1.165) is 18.2 Å². The Kier molecular flexibility index (Phi) is 3.86. The monoisotopic (exact) mass is 266 g/mol. The third-order valence-corrected chi connectivity index (χ3v) is 4.08. The maximum absolute atomic E-state index is 12.1. The molecular formula is C12H18N4OS. The number of hydrogen-bond acceptors (Lipinski definition) is 5. The van der Waals surface area contributed by atoms with Crippen LogP contribution in [0.1, 0.15) is 22.5 Å². The van der Waals surface area contributed by atoms with Crippen molar-refractivity contribution in [1.82, 2.24) is 9.88 Å². The number of likely N-dealkylation sites (N-methyl/N-ethyl adjacent to an activating group) is 1. The topological polar surface area (TPSA) is 62.5 Å². The summed E-state index contributed by atoms with van der Waals surface area (Å²) in [5.74, 6) is 0.248. The summed E-state index contributed by atoms with van der Waals surface area (Å²) in [7, 11) is 1.73. The predicted octanol–water partition coefficient (Wildman–Crippen LogP) is 1.58. The highest BCUT2D eigenvalue weighted by atomic mass is 32.1. The molecule has 98 valence electrons. The third kappa shape index (κ3) is 2.48. The molecule has 0 unspecified atom stereocenters. The number of amides is 1. The van der Waals surface area contributed by atoms with E-state index in [1.807, 2.05) is 0 Å². The lowest BCUT2D eigenvalue weighted by Gasteiger charge is -2.13. The number of anilines is 2. The Bertz CT molecular complexity index is 451. The van der Waals surface area contributed by atoms with Crippen molar-refractivity contribution in [2.45, 2.75) is 12.8 Å². The Morgan fingerprint density at radius 3 is 2.89 bits per heavy atom. The molecule has 2 rings (SSSR count). The Morgan fingerprint density at radius 2 is 2.28 bits per heavy atom. The number of nitrogens with two attached hydrogens (primary N) is 1. The van der Waals surface area contributed by atoms with Crippen LogP contribution in [-0.4, -0.2) is 42.5 Å². The molecular weight excluding hydrogens is 248 g/mol. The molecule has 5 nitrogen and oxygen atoms in total. The number of carbonyl (C=O) groups is 1. The van der Waals surface area contributed by atoms with Gasteiger partial charge in [0.05, 0.1) is 0 Å². The Morgan fingerprint density at radius 1 is 1.61 bits per heavy atom. The lowest BCUT2D eigenvalue weighted by Crippen LogP contribution is -2.26. The van der Waals surface area contributed by atoms with Crippen molar-refractivity contribution >= 4 is 28.2 Å². The molecule has 0 spiro atoms. The molecule has 1 aromatic heterocycles. The average Bonchev–Trinajstić information content (AvgIpc) is 2.97. The van der Waals surface area contributed by atoms with Gasteiger partial charge in [0.25, 0.3) is 5.91 Å². The average molecular weight is 266 g/mol. The highest BCUT2D eigenvalue weighted by Gasteiger charge is 2.23. The van der Waals surface area contributed by atoms with Gasteiger partial charge in [-0.05, 0) is 12.8 Å². The molecule has 1 aromatic rings. The second kappa shape index (κ2) is 5.39. The van der Waals surface area contributed by atoms with Crippen molar-refractivity contribution in [2.75, 3.05) is 37.3 Å². The predicted molar refractivity (Wildman–Crippen MR) is 75.1 cm³/mol. The number of carbonyl (C=O) groups excluding carboxylic acids is 1. The van der Waals surface area contributed by atoms with Gasteiger partial charge in [0.2, 0.25) is 0 Å². The summed E-state index contributed by atoms with van der Waals surface area (Å²) in [5.41, 5.74) is 5.84. The molecule has 1 aliphatic rings. The van der Waals surface area contributed by atoms with Crippen LogP contribution in [0, 0.1) is 0 Å². The van der Waals surface area contributed by atoms with E-state index < -0.39 is 0 Å². The first-order chi connectivity index (χ1) is 8.63. The van der Waals surface area contributed by atoms with Crippen LogP contribution < -0.4 is 10.6 Å². The van der Waals surface area contributed by atoms with Gasteiger partial charge in [0, 0.05) is 26.7 Å². The van der Waals surface area contributed by atoms with E-state index in [-0.39, 0.29) is 5.91 Å². The number of aromatic nitrogens is 1. The Labute approximate surface area is 111 Å². The summed E-state index contributed by atoms with van der Waals surface area (Å²) < 4.78 is 0. The van der Waals surface area contributed by atoms with Crippen LogP contribution in [0.3, 0.4) is 0 Å². The summed E-state index contributed by atoms with van der Waals surface area (Å²) in [6.07, 6.45) is 4.05. The van der Waals surface area contributed by atoms with Crippen molar-refractivity contribution in [2.24, 2.45) is 0 Å². The molecule has 0 radical (unpaired) electrons. The van der Waals surface area contributed by atoms with Crippen LogP contribution in [0.2, 0.25) is 0 Å². The maximum atomic E-state index is 12.1. The van der Waals surface area contributed by atoms with Crippen molar-refractivity contribution in [3.05, 3.63) is 17.5 Å². The van der Waals surface area contributed by atoms with Gasteiger partial charge in [-0.25, -0.2) is 4.98 Å². The molecule has 0 aromatic carbocycles. The third-order valence-electron chi connectivity index (χ3n) is 2.96. The fourth-order valence-electron chi connectivity index (χ4n) is 1.97.